The normalized spacial score (nSPS) is 12.7. The number of nitrogens with zero attached hydrogens (tertiary/aromatic N) is 2. The van der Waals surface area contributed by atoms with E-state index in [4.69, 9.17) is 0 Å². The second-order valence-corrected chi connectivity index (χ2v) is 3.61. The summed E-state index contributed by atoms with van der Waals surface area (Å²) < 4.78 is 3.92. The Morgan fingerprint density at radius 1 is 1.27 bits per heavy atom. The van der Waals surface area contributed by atoms with Gasteiger partial charge in [-0.2, -0.15) is 4.68 Å². The maximum Gasteiger partial charge on any atom is 0.195 e. The molecule has 2 aromatic rings. The number of aliphatic hydroxyl groups excluding tert-OH is 1. The minimum Gasteiger partial charge on any atom is -0.386 e. The van der Waals surface area contributed by atoms with E-state index in [1.54, 1.807) is 0 Å². The highest BCUT2D eigenvalue weighted by molar-refractivity contribution is 5.16. The molecule has 1 unspecified atom stereocenters. The highest BCUT2D eigenvalue weighted by atomic mass is 16.3. The zero-order valence-electron chi connectivity index (χ0n) is 8.74. The number of benzene rings is 1. The summed E-state index contributed by atoms with van der Waals surface area (Å²) >= 11 is 0. The number of rotatable bonds is 3. The molecule has 0 saturated carbocycles. The van der Waals surface area contributed by atoms with E-state index in [2.05, 4.69) is 0 Å². The quantitative estimate of drug-likeness (QED) is 0.742. The van der Waals surface area contributed by atoms with E-state index in [0.717, 1.165) is 5.56 Å². The van der Waals surface area contributed by atoms with Gasteiger partial charge in [0.2, 0.25) is 0 Å². The average Bonchev–Trinajstić information content (AvgIpc) is 2.66. The van der Waals surface area contributed by atoms with Crippen molar-refractivity contribution in [2.24, 2.45) is 7.05 Å². The smallest absolute Gasteiger partial charge is 0.195 e. The van der Waals surface area contributed by atoms with Gasteiger partial charge in [-0.15, -0.1) is 4.68 Å². The minimum absolute atomic E-state index is 0.454. The number of hydrogen-bond acceptors (Lipinski definition) is 1. The summed E-state index contributed by atoms with van der Waals surface area (Å²) in [4.78, 5) is 0. The Balaban J connectivity index is 2.11. The van der Waals surface area contributed by atoms with Gasteiger partial charge in [0.1, 0.15) is 12.6 Å². The van der Waals surface area contributed by atoms with Crippen molar-refractivity contribution in [3.05, 3.63) is 54.4 Å². The van der Waals surface area contributed by atoms with Gasteiger partial charge in [0.15, 0.2) is 13.2 Å². The van der Waals surface area contributed by atoms with Crippen molar-refractivity contribution in [2.75, 3.05) is 0 Å². The maximum absolute atomic E-state index is 9.98. The Hall–Kier alpha value is -1.61. The van der Waals surface area contributed by atoms with Crippen LogP contribution in [0.15, 0.2) is 48.8 Å². The second-order valence-electron chi connectivity index (χ2n) is 3.61. The molecule has 0 saturated heterocycles. The monoisotopic (exact) mass is 203 g/mol. The van der Waals surface area contributed by atoms with Crippen LogP contribution in [0, 0.1) is 0 Å². The Morgan fingerprint density at radius 2 is 2.00 bits per heavy atom. The van der Waals surface area contributed by atoms with E-state index in [0.29, 0.717) is 6.54 Å². The molecule has 1 atom stereocenters. The van der Waals surface area contributed by atoms with E-state index in [1.807, 2.05) is 65.2 Å². The molecule has 0 fully saturated rings. The Labute approximate surface area is 89.2 Å². The van der Waals surface area contributed by atoms with Crippen molar-refractivity contribution in [3.8, 4) is 0 Å². The van der Waals surface area contributed by atoms with Crippen LogP contribution in [0.1, 0.15) is 11.7 Å². The minimum atomic E-state index is -0.454. The highest BCUT2D eigenvalue weighted by Gasteiger charge is 2.11. The van der Waals surface area contributed by atoms with Crippen LogP contribution in [0.2, 0.25) is 0 Å². The van der Waals surface area contributed by atoms with Crippen molar-refractivity contribution in [2.45, 2.75) is 12.6 Å². The van der Waals surface area contributed by atoms with Gasteiger partial charge in [0.05, 0.1) is 6.20 Å². The molecule has 15 heavy (non-hydrogen) atoms. The molecule has 78 valence electrons. The molecule has 0 aliphatic carbocycles. The third kappa shape index (κ3) is 2.25. The van der Waals surface area contributed by atoms with Crippen LogP contribution in [-0.2, 0) is 13.6 Å². The summed E-state index contributed by atoms with van der Waals surface area (Å²) in [6.07, 6.45) is 3.45. The molecule has 0 aliphatic rings. The fraction of sp³-hybridized carbons (Fsp3) is 0.250. The van der Waals surface area contributed by atoms with Crippen LogP contribution in [0.4, 0.5) is 0 Å². The number of aromatic nitrogens is 2. The van der Waals surface area contributed by atoms with Crippen LogP contribution in [0.5, 0.6) is 0 Å². The Morgan fingerprint density at radius 3 is 2.60 bits per heavy atom. The second kappa shape index (κ2) is 4.28. The number of aryl methyl sites for hydroxylation is 1. The molecule has 1 aromatic carbocycles. The van der Waals surface area contributed by atoms with Crippen molar-refractivity contribution in [3.63, 3.8) is 0 Å². The molecule has 0 aliphatic heterocycles. The molecule has 1 N–H and O–H groups in total. The van der Waals surface area contributed by atoms with Crippen LogP contribution < -0.4 is 4.68 Å². The van der Waals surface area contributed by atoms with Gasteiger partial charge >= 0.3 is 0 Å². The first kappa shape index (κ1) is 9.93. The molecule has 1 aromatic heterocycles. The van der Waals surface area contributed by atoms with Crippen molar-refractivity contribution >= 4 is 0 Å². The third-order valence-corrected chi connectivity index (χ3v) is 2.51. The fourth-order valence-electron chi connectivity index (χ4n) is 1.60. The zero-order chi connectivity index (χ0) is 10.7. The SMILES string of the molecule is C[n+]1cccn1CC(O)c1ccccc1. The fourth-order valence-corrected chi connectivity index (χ4v) is 1.60. The lowest BCUT2D eigenvalue weighted by molar-refractivity contribution is -0.754. The third-order valence-electron chi connectivity index (χ3n) is 2.51. The summed E-state index contributed by atoms with van der Waals surface area (Å²) in [6.45, 7) is 0.577. The predicted molar refractivity (Wildman–Crippen MR) is 57.0 cm³/mol. The molecular formula is C12H15N2O+. The molecule has 0 radical (unpaired) electrons. The van der Waals surface area contributed by atoms with E-state index >= 15 is 0 Å². The molecule has 0 spiro atoms. The molecule has 3 nitrogen and oxygen atoms in total. The van der Waals surface area contributed by atoms with E-state index < -0.39 is 6.10 Å². The molecule has 0 amide bonds. The Bertz CT molecular complexity index is 422. The van der Waals surface area contributed by atoms with Gasteiger partial charge in [-0.25, -0.2) is 0 Å². The van der Waals surface area contributed by atoms with Crippen molar-refractivity contribution in [1.82, 2.24) is 4.68 Å². The van der Waals surface area contributed by atoms with Gasteiger partial charge in [0.25, 0.3) is 0 Å². The van der Waals surface area contributed by atoms with Gasteiger partial charge in [-0.05, 0) is 5.56 Å². The molecule has 1 heterocycles. The summed E-state index contributed by atoms with van der Waals surface area (Å²) in [7, 11) is 1.96. The van der Waals surface area contributed by atoms with E-state index in [9.17, 15) is 5.11 Å². The topological polar surface area (TPSA) is 29.0 Å². The van der Waals surface area contributed by atoms with Gasteiger partial charge in [0, 0.05) is 6.07 Å². The average molecular weight is 203 g/mol. The van der Waals surface area contributed by atoms with Crippen LogP contribution in [-0.4, -0.2) is 9.79 Å². The van der Waals surface area contributed by atoms with Gasteiger partial charge in [-0.3, -0.25) is 0 Å². The van der Waals surface area contributed by atoms with Crippen LogP contribution in [0.3, 0.4) is 0 Å². The molecular weight excluding hydrogens is 188 g/mol. The van der Waals surface area contributed by atoms with E-state index in [-0.39, 0.29) is 0 Å². The lowest BCUT2D eigenvalue weighted by Crippen LogP contribution is -2.38. The predicted octanol–water partition coefficient (Wildman–Crippen LogP) is 1.05. The zero-order valence-corrected chi connectivity index (χ0v) is 8.74. The standard InChI is InChI=1S/C12H15N2O/c1-13-8-5-9-14(13)10-12(15)11-6-3-2-4-7-11/h2-9,12,15H,10H2,1H3/q+1. The Kier molecular flexibility index (Phi) is 2.83. The van der Waals surface area contributed by atoms with Gasteiger partial charge in [-0.1, -0.05) is 30.3 Å². The van der Waals surface area contributed by atoms with Gasteiger partial charge < -0.3 is 5.11 Å². The summed E-state index contributed by atoms with van der Waals surface area (Å²) in [5, 5.41) is 9.98. The maximum atomic E-state index is 9.98. The van der Waals surface area contributed by atoms with Crippen molar-refractivity contribution < 1.29 is 9.79 Å². The first-order valence-electron chi connectivity index (χ1n) is 5.01. The first-order valence-corrected chi connectivity index (χ1v) is 5.01. The van der Waals surface area contributed by atoms with Crippen LogP contribution >= 0.6 is 0 Å². The summed E-state index contributed by atoms with van der Waals surface area (Å²) in [5.74, 6) is 0. The number of hydrogen-bond donors (Lipinski definition) is 1. The highest BCUT2D eigenvalue weighted by Crippen LogP contribution is 2.13. The first-order chi connectivity index (χ1) is 7.27. The largest absolute Gasteiger partial charge is 0.386 e. The summed E-state index contributed by atoms with van der Waals surface area (Å²) in [6, 6.07) is 11.7. The lowest BCUT2D eigenvalue weighted by atomic mass is 10.1. The van der Waals surface area contributed by atoms with Crippen LogP contribution in [0.25, 0.3) is 0 Å². The molecule has 2 rings (SSSR count). The lowest BCUT2D eigenvalue weighted by Gasteiger charge is -2.09. The van der Waals surface area contributed by atoms with E-state index in [1.165, 1.54) is 0 Å². The van der Waals surface area contributed by atoms with Crippen molar-refractivity contribution in [1.29, 1.82) is 0 Å². The molecule has 0 bridgehead atoms. The number of aliphatic hydroxyl groups is 1. The molecule has 3 heteroatoms. The summed E-state index contributed by atoms with van der Waals surface area (Å²) in [5.41, 5.74) is 0.950.